The SMILES string of the molecule is O=C([C@@H]1Cn2ccnc2C2(CCNCC2)O1)N1CCOCC1. The van der Waals surface area contributed by atoms with Crippen LogP contribution in [0.2, 0.25) is 0 Å². The summed E-state index contributed by atoms with van der Waals surface area (Å²) in [5.41, 5.74) is -0.417. The number of aromatic nitrogens is 2. The number of fused-ring (bicyclic) bond motifs is 2. The van der Waals surface area contributed by atoms with Gasteiger partial charge >= 0.3 is 0 Å². The van der Waals surface area contributed by atoms with E-state index in [2.05, 4.69) is 14.9 Å². The normalized spacial score (nSPS) is 27.6. The molecule has 1 aromatic heterocycles. The van der Waals surface area contributed by atoms with Crippen molar-refractivity contribution < 1.29 is 14.3 Å². The second-order valence-corrected chi connectivity index (χ2v) is 6.19. The molecule has 4 rings (SSSR count). The molecule has 1 N–H and O–H groups in total. The summed E-state index contributed by atoms with van der Waals surface area (Å²) in [6.07, 6.45) is 5.07. The highest BCUT2D eigenvalue weighted by atomic mass is 16.5. The molecule has 1 aromatic rings. The van der Waals surface area contributed by atoms with E-state index in [1.54, 1.807) is 0 Å². The summed E-state index contributed by atoms with van der Waals surface area (Å²) in [6.45, 7) is 4.89. The number of nitrogens with zero attached hydrogens (tertiary/aromatic N) is 3. The fourth-order valence-corrected chi connectivity index (χ4v) is 3.68. The molecule has 0 aliphatic carbocycles. The van der Waals surface area contributed by atoms with Crippen LogP contribution in [0, 0.1) is 0 Å². The summed E-state index contributed by atoms with van der Waals surface area (Å²) in [4.78, 5) is 19.2. The van der Waals surface area contributed by atoms with E-state index in [1.165, 1.54) is 0 Å². The monoisotopic (exact) mass is 306 g/mol. The average molecular weight is 306 g/mol. The first-order valence-corrected chi connectivity index (χ1v) is 8.05. The first kappa shape index (κ1) is 14.2. The summed E-state index contributed by atoms with van der Waals surface area (Å²) >= 11 is 0. The van der Waals surface area contributed by atoms with Gasteiger partial charge in [0.2, 0.25) is 0 Å². The molecule has 0 radical (unpaired) electrons. The van der Waals surface area contributed by atoms with Crippen LogP contribution in [-0.4, -0.2) is 65.9 Å². The zero-order chi connectivity index (χ0) is 15.0. The third kappa shape index (κ3) is 2.33. The van der Waals surface area contributed by atoms with Gasteiger partial charge in [0.25, 0.3) is 5.91 Å². The van der Waals surface area contributed by atoms with Crippen LogP contribution in [0.5, 0.6) is 0 Å². The van der Waals surface area contributed by atoms with Gasteiger partial charge in [0.1, 0.15) is 11.4 Å². The standard InChI is InChI=1S/C15H22N4O3/c20-13(18-7-9-21-10-8-18)12-11-19-6-5-17-14(19)15(22-12)1-3-16-4-2-15/h5-6,12,16H,1-4,7-11H2/t12-/m0/s1. The summed E-state index contributed by atoms with van der Waals surface area (Å²) in [7, 11) is 0. The van der Waals surface area contributed by atoms with Gasteiger partial charge in [-0.2, -0.15) is 0 Å². The number of piperidine rings is 1. The molecular weight excluding hydrogens is 284 g/mol. The highest BCUT2D eigenvalue weighted by molar-refractivity contribution is 5.81. The van der Waals surface area contributed by atoms with Crippen LogP contribution in [0.4, 0.5) is 0 Å². The van der Waals surface area contributed by atoms with Crippen LogP contribution in [0.3, 0.4) is 0 Å². The van der Waals surface area contributed by atoms with Gasteiger partial charge in [0.05, 0.1) is 19.8 Å². The second-order valence-electron chi connectivity index (χ2n) is 6.19. The average Bonchev–Trinajstić information content (AvgIpc) is 3.05. The molecular formula is C15H22N4O3. The summed E-state index contributed by atoms with van der Waals surface area (Å²) < 4.78 is 13.8. The molecule has 120 valence electrons. The number of nitrogens with one attached hydrogen (secondary N) is 1. The summed E-state index contributed by atoms with van der Waals surface area (Å²) in [6, 6.07) is 0. The van der Waals surface area contributed by atoms with Gasteiger partial charge in [0, 0.05) is 25.5 Å². The van der Waals surface area contributed by atoms with Crippen LogP contribution >= 0.6 is 0 Å². The van der Waals surface area contributed by atoms with Crippen molar-refractivity contribution in [3.05, 3.63) is 18.2 Å². The Morgan fingerprint density at radius 1 is 1.32 bits per heavy atom. The second kappa shape index (κ2) is 5.64. The number of carbonyl (C=O) groups is 1. The Hall–Kier alpha value is -1.44. The minimum atomic E-state index is -0.419. The summed E-state index contributed by atoms with van der Waals surface area (Å²) in [5.74, 6) is 1.06. The topological polar surface area (TPSA) is 68.6 Å². The molecule has 1 spiro atoms. The fourth-order valence-electron chi connectivity index (χ4n) is 3.68. The van der Waals surface area contributed by atoms with Crippen LogP contribution < -0.4 is 5.32 Å². The van der Waals surface area contributed by atoms with Crippen molar-refractivity contribution in [3.63, 3.8) is 0 Å². The first-order valence-electron chi connectivity index (χ1n) is 8.05. The minimum Gasteiger partial charge on any atom is -0.378 e. The molecule has 7 nitrogen and oxygen atoms in total. The Morgan fingerprint density at radius 3 is 2.86 bits per heavy atom. The lowest BCUT2D eigenvalue weighted by atomic mass is 9.89. The number of hydrogen-bond acceptors (Lipinski definition) is 5. The van der Waals surface area contributed by atoms with Gasteiger partial charge in [-0.15, -0.1) is 0 Å². The quantitative estimate of drug-likeness (QED) is 0.773. The number of ether oxygens (including phenoxy) is 2. The maximum atomic E-state index is 12.8. The van der Waals surface area contributed by atoms with E-state index in [9.17, 15) is 4.79 Å². The predicted molar refractivity (Wildman–Crippen MR) is 78.3 cm³/mol. The number of rotatable bonds is 1. The maximum Gasteiger partial charge on any atom is 0.253 e. The minimum absolute atomic E-state index is 0.0838. The van der Waals surface area contributed by atoms with Crippen molar-refractivity contribution in [1.29, 1.82) is 0 Å². The predicted octanol–water partition coefficient (Wildman–Crippen LogP) is -0.281. The molecule has 0 bridgehead atoms. The van der Waals surface area contributed by atoms with Crippen molar-refractivity contribution in [1.82, 2.24) is 19.8 Å². The van der Waals surface area contributed by atoms with E-state index in [0.29, 0.717) is 32.8 Å². The molecule has 0 saturated carbocycles. The lowest BCUT2D eigenvalue weighted by Gasteiger charge is -2.44. The first-order chi connectivity index (χ1) is 10.8. The van der Waals surface area contributed by atoms with Crippen molar-refractivity contribution in [2.24, 2.45) is 0 Å². The maximum absolute atomic E-state index is 12.8. The highest BCUT2D eigenvalue weighted by Crippen LogP contribution is 2.38. The third-order valence-corrected chi connectivity index (χ3v) is 4.86. The van der Waals surface area contributed by atoms with E-state index >= 15 is 0 Å². The molecule has 22 heavy (non-hydrogen) atoms. The Morgan fingerprint density at radius 2 is 2.09 bits per heavy atom. The van der Waals surface area contributed by atoms with Crippen molar-refractivity contribution in [2.45, 2.75) is 31.1 Å². The Labute approximate surface area is 129 Å². The van der Waals surface area contributed by atoms with Crippen molar-refractivity contribution in [3.8, 4) is 0 Å². The van der Waals surface area contributed by atoms with E-state index < -0.39 is 11.7 Å². The number of amides is 1. The van der Waals surface area contributed by atoms with Gasteiger partial charge in [-0.3, -0.25) is 4.79 Å². The highest BCUT2D eigenvalue weighted by Gasteiger charge is 2.46. The Balaban J connectivity index is 1.59. The Kier molecular flexibility index (Phi) is 3.63. The smallest absolute Gasteiger partial charge is 0.253 e. The lowest BCUT2D eigenvalue weighted by Crippen LogP contribution is -2.55. The molecule has 0 unspecified atom stereocenters. The fraction of sp³-hybridized carbons (Fsp3) is 0.733. The van der Waals surface area contributed by atoms with Crippen LogP contribution in [0.1, 0.15) is 18.7 Å². The molecule has 7 heteroatoms. The molecule has 3 aliphatic rings. The summed E-state index contributed by atoms with van der Waals surface area (Å²) in [5, 5.41) is 3.36. The zero-order valence-electron chi connectivity index (χ0n) is 12.7. The van der Waals surface area contributed by atoms with Gasteiger partial charge in [0.15, 0.2) is 6.10 Å². The molecule has 2 fully saturated rings. The molecule has 2 saturated heterocycles. The molecule has 3 aliphatic heterocycles. The van der Waals surface area contributed by atoms with E-state index in [4.69, 9.17) is 9.47 Å². The number of morpholine rings is 1. The molecule has 1 atom stereocenters. The Bertz CT molecular complexity index is 547. The van der Waals surface area contributed by atoms with Crippen LogP contribution in [0.25, 0.3) is 0 Å². The van der Waals surface area contributed by atoms with E-state index in [-0.39, 0.29) is 5.91 Å². The van der Waals surface area contributed by atoms with Crippen LogP contribution in [-0.2, 0) is 26.4 Å². The lowest BCUT2D eigenvalue weighted by molar-refractivity contribution is -0.179. The van der Waals surface area contributed by atoms with Crippen molar-refractivity contribution >= 4 is 5.91 Å². The number of hydrogen-bond donors (Lipinski definition) is 1. The van der Waals surface area contributed by atoms with Gasteiger partial charge in [-0.25, -0.2) is 4.98 Å². The van der Waals surface area contributed by atoms with Gasteiger partial charge < -0.3 is 24.3 Å². The third-order valence-electron chi connectivity index (χ3n) is 4.86. The van der Waals surface area contributed by atoms with Gasteiger partial charge in [-0.05, 0) is 25.9 Å². The van der Waals surface area contributed by atoms with Crippen molar-refractivity contribution in [2.75, 3.05) is 39.4 Å². The number of carbonyl (C=O) groups excluding carboxylic acids is 1. The molecule has 0 aromatic carbocycles. The molecule has 4 heterocycles. The zero-order valence-corrected chi connectivity index (χ0v) is 12.7. The largest absolute Gasteiger partial charge is 0.378 e. The molecule has 1 amide bonds. The van der Waals surface area contributed by atoms with Crippen LogP contribution in [0.15, 0.2) is 12.4 Å². The number of imidazole rings is 1. The van der Waals surface area contributed by atoms with E-state index in [0.717, 1.165) is 31.8 Å². The van der Waals surface area contributed by atoms with E-state index in [1.807, 2.05) is 17.3 Å². The van der Waals surface area contributed by atoms with Gasteiger partial charge in [-0.1, -0.05) is 0 Å².